The first-order valence-corrected chi connectivity index (χ1v) is 7.09. The van der Waals surface area contributed by atoms with Gasteiger partial charge < -0.3 is 4.52 Å². The van der Waals surface area contributed by atoms with E-state index in [2.05, 4.69) is 18.1 Å². The Morgan fingerprint density at radius 3 is 2.00 bits per heavy atom. The van der Waals surface area contributed by atoms with Crippen LogP contribution in [-0.4, -0.2) is 25.6 Å². The van der Waals surface area contributed by atoms with E-state index in [1.807, 2.05) is 0 Å². The molecule has 19 heavy (non-hydrogen) atoms. The molecule has 0 saturated carbocycles. The van der Waals surface area contributed by atoms with E-state index in [9.17, 15) is 30.5 Å². The molecule has 0 aromatic carbocycles. The fraction of sp³-hybridized carbons (Fsp3) is 1.00. The second-order valence-corrected chi connectivity index (χ2v) is 5.87. The maximum atomic E-state index is 13.5. The second kappa shape index (κ2) is 7.59. The summed E-state index contributed by atoms with van der Waals surface area (Å²) in [7, 11) is -6.50. The molecule has 1 unspecified atom stereocenters. The number of alkyl halides is 6. The molecule has 0 aliphatic rings. The molecule has 0 spiro atoms. The average Bonchev–Trinajstić information content (AvgIpc) is 2.20. The topological polar surface area (TPSA) is 67.0 Å². The first kappa shape index (κ1) is 18.9. The van der Waals surface area contributed by atoms with Gasteiger partial charge in [0.15, 0.2) is 30.3 Å². The molecule has 0 radical (unpaired) electrons. The van der Waals surface area contributed by atoms with Crippen LogP contribution in [0.2, 0.25) is 0 Å². The Bertz CT molecular complexity index is 381. The number of nitrogens with zero attached hydrogens (tertiary/aromatic N) is 2. The Balaban J connectivity index is 4.60. The van der Waals surface area contributed by atoms with Gasteiger partial charge in [0.1, 0.15) is 0 Å². The fourth-order valence-electron chi connectivity index (χ4n) is 0.453. The summed E-state index contributed by atoms with van der Waals surface area (Å²) in [5, 5.41) is 6.52. The van der Waals surface area contributed by atoms with Crippen molar-refractivity contribution in [3.63, 3.8) is 0 Å². The highest BCUT2D eigenvalue weighted by Gasteiger charge is 2.33. The third-order valence-corrected chi connectivity index (χ3v) is 4.10. The predicted octanol–water partition coefficient (Wildman–Crippen LogP) is 5.73. The summed E-state index contributed by atoms with van der Waals surface area (Å²) < 4.78 is 96.8. The molecule has 0 aromatic heterocycles. The Morgan fingerprint density at radius 1 is 1.05 bits per heavy atom. The summed E-state index contributed by atoms with van der Waals surface area (Å²) in [4.78, 5) is 0. The Labute approximate surface area is 105 Å². The van der Waals surface area contributed by atoms with E-state index in [0.717, 1.165) is 0 Å². The zero-order valence-electron chi connectivity index (χ0n) is 8.61. The fourth-order valence-corrected chi connectivity index (χ4v) is 2.85. The van der Waals surface area contributed by atoms with Crippen LogP contribution in [0.1, 0.15) is 0 Å². The van der Waals surface area contributed by atoms with E-state index in [1.54, 1.807) is 0 Å². The van der Waals surface area contributed by atoms with Crippen molar-refractivity contribution in [1.82, 2.24) is 0 Å². The zero-order chi connectivity index (χ0) is 15.2. The SMILES string of the molecule is N=PN=P(F)(N=POCC(F)(F)F)OCC(F)(F)F. The summed E-state index contributed by atoms with van der Waals surface area (Å²) in [6.07, 6.45) is -9.54. The molecule has 1 atom stereocenters. The standard InChI is InChI=1S/C4H5F7N3O2P3/c5-3(6,7)1-15-18-14-19(11,13-17-12)16-2-4(8,9)10/h12H,1-2H2. The van der Waals surface area contributed by atoms with Crippen LogP contribution in [0.4, 0.5) is 30.5 Å². The summed E-state index contributed by atoms with van der Waals surface area (Å²) in [6.45, 7) is -3.77. The molecule has 0 aliphatic carbocycles. The molecule has 0 heterocycles. The highest BCUT2D eigenvalue weighted by atomic mass is 31.2. The number of hydrogen-bond acceptors (Lipinski definition) is 3. The molecule has 1 N–H and O–H groups in total. The largest absolute Gasteiger partial charge is 0.412 e. The highest BCUT2D eigenvalue weighted by molar-refractivity contribution is 7.61. The number of rotatable bonds is 6. The lowest BCUT2D eigenvalue weighted by Gasteiger charge is -2.10. The molecule has 112 valence electrons. The van der Waals surface area contributed by atoms with Crippen LogP contribution in [0.5, 0.6) is 0 Å². The van der Waals surface area contributed by atoms with Crippen LogP contribution in [-0.2, 0) is 9.05 Å². The summed E-state index contributed by atoms with van der Waals surface area (Å²) in [5.74, 6) is 0. The average molecular weight is 353 g/mol. The van der Waals surface area contributed by atoms with Gasteiger partial charge in [-0.15, -0.1) is 4.52 Å². The van der Waals surface area contributed by atoms with E-state index in [4.69, 9.17) is 5.16 Å². The van der Waals surface area contributed by atoms with E-state index in [-0.39, 0.29) is 0 Å². The number of hydrogen-bond donors (Lipinski definition) is 1. The van der Waals surface area contributed by atoms with Crippen LogP contribution in [0, 0.1) is 5.16 Å². The van der Waals surface area contributed by atoms with Crippen molar-refractivity contribution in [2.75, 3.05) is 13.2 Å². The molecule has 0 aliphatic heterocycles. The van der Waals surface area contributed by atoms with E-state index in [0.29, 0.717) is 0 Å². The van der Waals surface area contributed by atoms with Crippen molar-refractivity contribution >= 4 is 24.9 Å². The van der Waals surface area contributed by atoms with Gasteiger partial charge >= 0.3 is 20.1 Å². The third kappa shape index (κ3) is 11.4. The smallest absolute Gasteiger partial charge is 0.301 e. The normalized spacial score (nSPS) is 16.8. The molecule has 0 rings (SSSR count). The van der Waals surface area contributed by atoms with Gasteiger partial charge in [-0.25, -0.2) is 0 Å². The molecular weight excluding hydrogens is 348 g/mol. The van der Waals surface area contributed by atoms with Crippen LogP contribution in [0.3, 0.4) is 0 Å². The van der Waals surface area contributed by atoms with E-state index < -0.39 is 50.4 Å². The maximum absolute atomic E-state index is 13.5. The predicted molar refractivity (Wildman–Crippen MR) is 53.5 cm³/mol. The van der Waals surface area contributed by atoms with Gasteiger partial charge in [-0.05, 0) is 0 Å². The lowest BCUT2D eigenvalue weighted by atomic mass is 10.7. The van der Waals surface area contributed by atoms with Gasteiger partial charge in [-0.2, -0.15) is 35.1 Å². The van der Waals surface area contributed by atoms with Gasteiger partial charge in [-0.1, -0.05) is 0 Å². The van der Waals surface area contributed by atoms with Crippen molar-refractivity contribution in [1.29, 1.82) is 5.16 Å². The first-order chi connectivity index (χ1) is 8.47. The zero-order valence-corrected chi connectivity index (χ0v) is 11.3. The number of nitrogens with one attached hydrogen (secondary N) is 1. The maximum Gasteiger partial charge on any atom is 0.412 e. The monoisotopic (exact) mass is 353 g/mol. The van der Waals surface area contributed by atoms with Crippen molar-refractivity contribution in [3.8, 4) is 0 Å². The molecule has 15 heteroatoms. The van der Waals surface area contributed by atoms with Gasteiger partial charge in [0.2, 0.25) is 0 Å². The summed E-state index contributed by atoms with van der Waals surface area (Å²) in [6, 6.07) is 0. The minimum absolute atomic E-state index is 0.756. The Kier molecular flexibility index (Phi) is 7.54. The van der Waals surface area contributed by atoms with E-state index >= 15 is 0 Å². The molecular formula is C4H5F7N3O2P3. The third-order valence-electron chi connectivity index (χ3n) is 0.980. The summed E-state index contributed by atoms with van der Waals surface area (Å²) in [5.41, 5.74) is 0. The minimum atomic E-state index is -4.86. The quantitative estimate of drug-likeness (QED) is 0.490. The van der Waals surface area contributed by atoms with Crippen molar-refractivity contribution in [2.24, 2.45) is 9.03 Å². The lowest BCUT2D eigenvalue weighted by Crippen LogP contribution is -2.15. The van der Waals surface area contributed by atoms with E-state index in [1.165, 1.54) is 0 Å². The van der Waals surface area contributed by atoms with Gasteiger partial charge in [-0.3, -0.25) is 9.69 Å². The molecule has 0 amide bonds. The highest BCUT2D eigenvalue weighted by Crippen LogP contribution is 2.58. The van der Waals surface area contributed by atoms with Crippen molar-refractivity contribution in [2.45, 2.75) is 12.4 Å². The van der Waals surface area contributed by atoms with Gasteiger partial charge in [0, 0.05) is 0 Å². The number of halogens is 7. The van der Waals surface area contributed by atoms with Crippen LogP contribution in [0.15, 0.2) is 9.03 Å². The van der Waals surface area contributed by atoms with Gasteiger partial charge in [0.05, 0.1) is 0 Å². The van der Waals surface area contributed by atoms with Crippen LogP contribution in [0.25, 0.3) is 0 Å². The van der Waals surface area contributed by atoms with Crippen LogP contribution >= 0.6 is 24.9 Å². The van der Waals surface area contributed by atoms with Crippen LogP contribution < -0.4 is 0 Å². The Hall–Kier alpha value is -0.140. The summed E-state index contributed by atoms with van der Waals surface area (Å²) >= 11 is 0. The molecule has 0 aromatic rings. The van der Waals surface area contributed by atoms with Crippen molar-refractivity contribution < 1.29 is 39.6 Å². The Morgan fingerprint density at radius 2 is 1.58 bits per heavy atom. The molecule has 5 nitrogen and oxygen atoms in total. The minimum Gasteiger partial charge on any atom is -0.301 e. The van der Waals surface area contributed by atoms with Gasteiger partial charge in [0.25, 0.3) is 0 Å². The molecule has 0 saturated heterocycles. The molecule has 0 fully saturated rings. The first-order valence-electron chi connectivity index (χ1n) is 3.98. The molecule has 0 bridgehead atoms. The van der Waals surface area contributed by atoms with Crippen molar-refractivity contribution in [3.05, 3.63) is 0 Å². The lowest BCUT2D eigenvalue weighted by molar-refractivity contribution is -0.153. The second-order valence-electron chi connectivity index (χ2n) is 2.61.